The monoisotopic (exact) mass is 533 g/mol. The zero-order chi connectivity index (χ0) is 27.4. The lowest BCUT2D eigenvalue weighted by Gasteiger charge is -2.30. The fourth-order valence-electron chi connectivity index (χ4n) is 3.61. The summed E-state index contributed by atoms with van der Waals surface area (Å²) in [5.74, 6) is -4.62. The molecule has 1 atom stereocenters. The third-order valence-corrected chi connectivity index (χ3v) is 5.57. The molecule has 0 unspecified atom stereocenters. The first-order valence-corrected chi connectivity index (χ1v) is 11.1. The number of hydrogen-bond acceptors (Lipinski definition) is 3. The number of anilines is 1. The van der Waals surface area contributed by atoms with Gasteiger partial charge < -0.3 is 14.7 Å². The summed E-state index contributed by atoms with van der Waals surface area (Å²) in [6.45, 7) is 0.0394. The van der Waals surface area contributed by atoms with Crippen LogP contribution in [0.25, 0.3) is 0 Å². The van der Waals surface area contributed by atoms with Gasteiger partial charge in [-0.2, -0.15) is 35.1 Å². The number of ether oxygens (including phenoxy) is 1. The zero-order valence-electron chi connectivity index (χ0n) is 19.5. The predicted octanol–water partition coefficient (Wildman–Crippen LogP) is 7.63. The molecule has 0 aromatic heterocycles. The highest BCUT2D eigenvalue weighted by atomic mass is 19.4. The van der Waals surface area contributed by atoms with Crippen LogP contribution in [0.4, 0.5) is 40.8 Å². The Morgan fingerprint density at radius 3 is 2.05 bits per heavy atom. The maximum Gasteiger partial charge on any atom is 0.458 e. The SMILES string of the molecule is CCc1cccc(Oc2cccc(N(Cc3ccccc3C(F)(F)C(F)(F)F)C[C@@H](O)C(F)(F)F)c2)c1. The van der Waals surface area contributed by atoms with Gasteiger partial charge in [0, 0.05) is 23.9 Å². The Morgan fingerprint density at radius 2 is 1.43 bits per heavy atom. The Morgan fingerprint density at radius 1 is 0.811 bits per heavy atom. The van der Waals surface area contributed by atoms with Gasteiger partial charge in [-0.15, -0.1) is 0 Å². The first-order chi connectivity index (χ1) is 17.2. The van der Waals surface area contributed by atoms with Crippen LogP contribution < -0.4 is 9.64 Å². The van der Waals surface area contributed by atoms with Gasteiger partial charge in [-0.3, -0.25) is 0 Å². The average molecular weight is 533 g/mol. The molecule has 0 aliphatic carbocycles. The summed E-state index contributed by atoms with van der Waals surface area (Å²) in [6.07, 6.45) is -13.1. The van der Waals surface area contributed by atoms with Gasteiger partial charge in [0.2, 0.25) is 0 Å². The molecule has 0 heterocycles. The quantitative estimate of drug-likeness (QED) is 0.287. The number of hydrogen-bond donors (Lipinski definition) is 1. The van der Waals surface area contributed by atoms with Crippen molar-refractivity contribution in [2.45, 2.75) is 44.3 Å². The molecule has 0 spiro atoms. The predicted molar refractivity (Wildman–Crippen MR) is 122 cm³/mol. The summed E-state index contributed by atoms with van der Waals surface area (Å²) in [5, 5.41) is 9.69. The van der Waals surface area contributed by atoms with E-state index in [2.05, 4.69) is 0 Å². The van der Waals surface area contributed by atoms with Crippen molar-refractivity contribution < 1.29 is 45.0 Å². The molecule has 0 radical (unpaired) electrons. The normalized spacial score (nSPS) is 13.4. The fourth-order valence-corrected chi connectivity index (χ4v) is 3.61. The van der Waals surface area contributed by atoms with E-state index < -0.39 is 48.6 Å². The molecule has 0 saturated carbocycles. The second kappa shape index (κ2) is 11.0. The van der Waals surface area contributed by atoms with Crippen LogP contribution >= 0.6 is 0 Å². The van der Waals surface area contributed by atoms with E-state index in [1.807, 2.05) is 13.0 Å². The first-order valence-electron chi connectivity index (χ1n) is 11.1. The van der Waals surface area contributed by atoms with E-state index in [1.54, 1.807) is 18.2 Å². The summed E-state index contributed by atoms with van der Waals surface area (Å²) in [5.41, 5.74) is -0.970. The van der Waals surface area contributed by atoms with Gasteiger partial charge >= 0.3 is 18.3 Å². The number of aliphatic hydroxyl groups is 1. The van der Waals surface area contributed by atoms with Gasteiger partial charge in [-0.05, 0) is 41.8 Å². The Labute approximate surface area is 207 Å². The van der Waals surface area contributed by atoms with Gasteiger partial charge in [0.05, 0.1) is 6.54 Å². The van der Waals surface area contributed by atoms with Gasteiger partial charge in [0.25, 0.3) is 0 Å². The zero-order valence-corrected chi connectivity index (χ0v) is 19.5. The van der Waals surface area contributed by atoms with Crippen LogP contribution in [0.15, 0.2) is 72.8 Å². The van der Waals surface area contributed by atoms with Crippen molar-refractivity contribution in [1.29, 1.82) is 0 Å². The van der Waals surface area contributed by atoms with Gasteiger partial charge in [0.15, 0.2) is 6.10 Å². The Hall–Kier alpha value is -3.34. The maximum absolute atomic E-state index is 14.2. The van der Waals surface area contributed by atoms with Crippen molar-refractivity contribution in [3.05, 3.63) is 89.5 Å². The number of halogens is 8. The Bertz CT molecular complexity index is 1190. The van der Waals surface area contributed by atoms with Crippen LogP contribution in [0.3, 0.4) is 0 Å². The van der Waals surface area contributed by atoms with Crippen LogP contribution in [0.5, 0.6) is 11.5 Å². The highest BCUT2D eigenvalue weighted by molar-refractivity contribution is 5.53. The van der Waals surface area contributed by atoms with Crippen molar-refractivity contribution in [3.8, 4) is 11.5 Å². The molecular weight excluding hydrogens is 510 g/mol. The summed E-state index contributed by atoms with van der Waals surface area (Å²) >= 11 is 0. The first kappa shape index (κ1) is 28.2. The molecule has 3 nitrogen and oxygen atoms in total. The summed E-state index contributed by atoms with van der Waals surface area (Å²) in [6, 6.07) is 16.3. The Kier molecular flexibility index (Phi) is 8.36. The molecule has 37 heavy (non-hydrogen) atoms. The third-order valence-electron chi connectivity index (χ3n) is 5.57. The van der Waals surface area contributed by atoms with E-state index in [4.69, 9.17) is 4.74 Å². The third kappa shape index (κ3) is 6.91. The largest absolute Gasteiger partial charge is 0.458 e. The molecule has 0 saturated heterocycles. The van der Waals surface area contributed by atoms with E-state index in [0.717, 1.165) is 29.0 Å². The minimum atomic E-state index is -5.92. The molecule has 0 aliphatic heterocycles. The van der Waals surface area contributed by atoms with E-state index >= 15 is 0 Å². The fraction of sp³-hybridized carbons (Fsp3) is 0.308. The van der Waals surface area contributed by atoms with Crippen LogP contribution in [-0.2, 0) is 18.9 Å². The average Bonchev–Trinajstić information content (AvgIpc) is 2.83. The standard InChI is InChI=1S/C26H23F8NO2/c1-2-17-7-5-10-20(13-17)37-21-11-6-9-19(14-21)35(16-23(36)25(29,30)31)15-18-8-3-4-12-22(18)24(27,28)26(32,33)34/h3-14,23,36H,2,15-16H2,1H3/t23-/m1/s1. The molecule has 0 aliphatic rings. The number of aryl methyl sites for hydroxylation is 1. The lowest BCUT2D eigenvalue weighted by Crippen LogP contribution is -2.41. The number of nitrogens with zero attached hydrogens (tertiary/aromatic N) is 1. The van der Waals surface area contributed by atoms with E-state index in [0.29, 0.717) is 11.8 Å². The van der Waals surface area contributed by atoms with E-state index in [-0.39, 0.29) is 11.4 Å². The number of aliphatic hydroxyl groups excluding tert-OH is 1. The van der Waals surface area contributed by atoms with Crippen molar-refractivity contribution in [1.82, 2.24) is 0 Å². The molecule has 11 heteroatoms. The van der Waals surface area contributed by atoms with Crippen LogP contribution in [0.1, 0.15) is 23.6 Å². The maximum atomic E-state index is 14.2. The van der Waals surface area contributed by atoms with Gasteiger partial charge in [-0.25, -0.2) is 0 Å². The van der Waals surface area contributed by atoms with Crippen LogP contribution in [0.2, 0.25) is 0 Å². The van der Waals surface area contributed by atoms with Crippen LogP contribution in [0, 0.1) is 0 Å². The summed E-state index contributed by atoms with van der Waals surface area (Å²) in [4.78, 5) is 0.874. The van der Waals surface area contributed by atoms with Gasteiger partial charge in [-0.1, -0.05) is 49.4 Å². The number of rotatable bonds is 9. The number of benzene rings is 3. The second-order valence-corrected chi connectivity index (χ2v) is 8.27. The molecule has 200 valence electrons. The summed E-state index contributed by atoms with van der Waals surface area (Å²) < 4.78 is 113. The molecule has 3 rings (SSSR count). The second-order valence-electron chi connectivity index (χ2n) is 8.27. The molecule has 1 N–H and O–H groups in total. The smallest absolute Gasteiger partial charge is 0.457 e. The van der Waals surface area contributed by atoms with Crippen molar-refractivity contribution in [2.24, 2.45) is 0 Å². The summed E-state index contributed by atoms with van der Waals surface area (Å²) in [7, 11) is 0. The van der Waals surface area contributed by atoms with Crippen molar-refractivity contribution in [2.75, 3.05) is 11.4 Å². The number of alkyl halides is 8. The van der Waals surface area contributed by atoms with E-state index in [1.165, 1.54) is 30.3 Å². The highest BCUT2D eigenvalue weighted by Gasteiger charge is 2.59. The molecule has 0 bridgehead atoms. The van der Waals surface area contributed by atoms with Crippen LogP contribution in [-0.4, -0.2) is 30.1 Å². The van der Waals surface area contributed by atoms with Gasteiger partial charge in [0.1, 0.15) is 11.5 Å². The lowest BCUT2D eigenvalue weighted by molar-refractivity contribution is -0.289. The lowest BCUT2D eigenvalue weighted by atomic mass is 10.00. The van der Waals surface area contributed by atoms with E-state index in [9.17, 15) is 40.2 Å². The molecule has 3 aromatic carbocycles. The minimum Gasteiger partial charge on any atom is -0.457 e. The molecule has 3 aromatic rings. The topological polar surface area (TPSA) is 32.7 Å². The van der Waals surface area contributed by atoms with Crippen molar-refractivity contribution in [3.63, 3.8) is 0 Å². The molecule has 0 amide bonds. The van der Waals surface area contributed by atoms with Crippen molar-refractivity contribution >= 4 is 5.69 Å². The Balaban J connectivity index is 1.99. The highest BCUT2D eigenvalue weighted by Crippen LogP contribution is 2.45. The minimum absolute atomic E-state index is 0.0116. The molecular formula is C26H23F8NO2. The molecule has 0 fully saturated rings.